The lowest BCUT2D eigenvalue weighted by molar-refractivity contribution is -0.120. The van der Waals surface area contributed by atoms with Gasteiger partial charge in [0.1, 0.15) is 5.75 Å². The van der Waals surface area contributed by atoms with Gasteiger partial charge >= 0.3 is 0 Å². The summed E-state index contributed by atoms with van der Waals surface area (Å²) in [5.41, 5.74) is 2.80. The Kier molecular flexibility index (Phi) is 5.62. The van der Waals surface area contributed by atoms with Crippen LogP contribution < -0.4 is 15.6 Å². The molecule has 8 heteroatoms. The SMILES string of the molecule is COc1ccc(CC(=O)NCc2cc(=O)n3[nH]c(C4CCOCC4)cc3n2)cc1. The number of nitrogens with one attached hydrogen (secondary N) is 2. The van der Waals surface area contributed by atoms with Crippen molar-refractivity contribution in [2.45, 2.75) is 31.7 Å². The van der Waals surface area contributed by atoms with Crippen LogP contribution in [0.25, 0.3) is 5.65 Å². The summed E-state index contributed by atoms with van der Waals surface area (Å²) in [6.45, 7) is 1.67. The molecule has 29 heavy (non-hydrogen) atoms. The molecule has 1 fully saturated rings. The number of H-pyrrole nitrogens is 1. The van der Waals surface area contributed by atoms with Gasteiger partial charge in [-0.15, -0.1) is 0 Å². The van der Waals surface area contributed by atoms with Gasteiger partial charge in [0.2, 0.25) is 5.91 Å². The molecule has 1 aliphatic rings. The van der Waals surface area contributed by atoms with E-state index >= 15 is 0 Å². The number of hydrogen-bond donors (Lipinski definition) is 2. The standard InChI is InChI=1S/C21H24N4O4/c1-28-17-4-2-14(3-5-17)10-20(26)22-13-16-11-21(27)25-19(23-16)12-18(24-25)15-6-8-29-9-7-15/h2-5,11-12,15,24H,6-10,13H2,1H3,(H,22,26). The molecule has 2 N–H and O–H groups in total. The molecule has 0 spiro atoms. The van der Waals surface area contributed by atoms with Crippen molar-refractivity contribution in [2.24, 2.45) is 0 Å². The Balaban J connectivity index is 1.42. The number of fused-ring (bicyclic) bond motifs is 1. The zero-order chi connectivity index (χ0) is 20.2. The summed E-state index contributed by atoms with van der Waals surface area (Å²) in [4.78, 5) is 29.2. The third-order valence-corrected chi connectivity index (χ3v) is 5.17. The number of carbonyl (C=O) groups excluding carboxylic acids is 1. The molecule has 0 atom stereocenters. The van der Waals surface area contributed by atoms with Crippen molar-refractivity contribution < 1.29 is 14.3 Å². The zero-order valence-electron chi connectivity index (χ0n) is 16.3. The molecular weight excluding hydrogens is 372 g/mol. The van der Waals surface area contributed by atoms with Gasteiger partial charge in [-0.3, -0.25) is 14.7 Å². The van der Waals surface area contributed by atoms with E-state index in [4.69, 9.17) is 9.47 Å². The summed E-state index contributed by atoms with van der Waals surface area (Å²) in [7, 11) is 1.60. The highest BCUT2D eigenvalue weighted by Crippen LogP contribution is 2.25. The average Bonchev–Trinajstić information content (AvgIpc) is 3.18. The fraction of sp³-hybridized carbons (Fsp3) is 0.381. The Morgan fingerprint density at radius 3 is 2.76 bits per heavy atom. The van der Waals surface area contributed by atoms with E-state index < -0.39 is 0 Å². The maximum Gasteiger partial charge on any atom is 0.272 e. The van der Waals surface area contributed by atoms with E-state index in [1.54, 1.807) is 7.11 Å². The van der Waals surface area contributed by atoms with E-state index in [9.17, 15) is 9.59 Å². The number of ether oxygens (including phenoxy) is 2. The summed E-state index contributed by atoms with van der Waals surface area (Å²) >= 11 is 0. The maximum absolute atomic E-state index is 12.4. The van der Waals surface area contributed by atoms with E-state index in [1.165, 1.54) is 10.6 Å². The van der Waals surface area contributed by atoms with E-state index in [0.717, 1.165) is 43.1 Å². The normalized spacial score (nSPS) is 14.8. The first kappa shape index (κ1) is 19.2. The van der Waals surface area contributed by atoms with Crippen LogP contribution in [-0.2, 0) is 22.5 Å². The summed E-state index contributed by atoms with van der Waals surface area (Å²) in [5, 5.41) is 5.99. The second kappa shape index (κ2) is 8.48. The Morgan fingerprint density at radius 1 is 1.28 bits per heavy atom. The van der Waals surface area contributed by atoms with Crippen LogP contribution in [0.2, 0.25) is 0 Å². The smallest absolute Gasteiger partial charge is 0.272 e. The van der Waals surface area contributed by atoms with Crippen LogP contribution in [-0.4, -0.2) is 40.8 Å². The molecule has 0 unspecified atom stereocenters. The molecule has 1 saturated heterocycles. The number of nitrogens with zero attached hydrogens (tertiary/aromatic N) is 2. The quantitative estimate of drug-likeness (QED) is 0.662. The van der Waals surface area contributed by atoms with Crippen LogP contribution in [0.1, 0.15) is 35.7 Å². The van der Waals surface area contributed by atoms with Crippen LogP contribution >= 0.6 is 0 Å². The zero-order valence-corrected chi connectivity index (χ0v) is 16.3. The largest absolute Gasteiger partial charge is 0.497 e. The highest BCUT2D eigenvalue weighted by atomic mass is 16.5. The minimum Gasteiger partial charge on any atom is -0.497 e. The van der Waals surface area contributed by atoms with Crippen molar-refractivity contribution >= 4 is 11.6 Å². The van der Waals surface area contributed by atoms with Crippen molar-refractivity contribution in [2.75, 3.05) is 20.3 Å². The van der Waals surface area contributed by atoms with Crippen LogP contribution in [0.4, 0.5) is 0 Å². The number of rotatable bonds is 6. The molecule has 1 aliphatic heterocycles. The first-order chi connectivity index (χ1) is 14.1. The molecule has 0 radical (unpaired) electrons. The summed E-state index contributed by atoms with van der Waals surface area (Å²) < 4.78 is 12.0. The fourth-order valence-electron chi connectivity index (χ4n) is 3.55. The Morgan fingerprint density at radius 2 is 2.03 bits per heavy atom. The van der Waals surface area contributed by atoms with Gasteiger partial charge in [0, 0.05) is 37.0 Å². The van der Waals surface area contributed by atoms with Gasteiger partial charge in [-0.05, 0) is 30.5 Å². The predicted octanol–water partition coefficient (Wildman–Crippen LogP) is 1.78. The summed E-state index contributed by atoms with van der Waals surface area (Å²) in [6.07, 6.45) is 2.11. The molecule has 4 rings (SSSR count). The number of methoxy groups -OCH3 is 1. The molecule has 3 aromatic rings. The van der Waals surface area contributed by atoms with Gasteiger partial charge in [0.05, 0.1) is 25.8 Å². The first-order valence-corrected chi connectivity index (χ1v) is 9.71. The van der Waals surface area contributed by atoms with Gasteiger partial charge in [-0.1, -0.05) is 12.1 Å². The minimum absolute atomic E-state index is 0.130. The lowest BCUT2D eigenvalue weighted by Gasteiger charge is -2.20. The van der Waals surface area contributed by atoms with Crippen LogP contribution in [0.3, 0.4) is 0 Å². The van der Waals surface area contributed by atoms with E-state index in [1.807, 2.05) is 30.3 Å². The molecule has 0 bridgehead atoms. The lowest BCUT2D eigenvalue weighted by atomic mass is 9.97. The predicted molar refractivity (Wildman–Crippen MR) is 107 cm³/mol. The topological polar surface area (TPSA) is 97.7 Å². The number of hydrogen-bond acceptors (Lipinski definition) is 5. The van der Waals surface area contributed by atoms with E-state index in [-0.39, 0.29) is 24.4 Å². The minimum atomic E-state index is -0.187. The van der Waals surface area contributed by atoms with Gasteiger partial charge in [-0.2, -0.15) is 0 Å². The van der Waals surface area contributed by atoms with Crippen LogP contribution in [0.5, 0.6) is 5.75 Å². The molecular formula is C21H24N4O4. The van der Waals surface area contributed by atoms with Gasteiger partial charge in [0.15, 0.2) is 5.65 Å². The molecule has 0 saturated carbocycles. The Labute approximate surface area is 167 Å². The molecule has 8 nitrogen and oxygen atoms in total. The van der Waals surface area contributed by atoms with Crippen molar-refractivity contribution in [3.05, 3.63) is 63.7 Å². The number of carbonyl (C=O) groups is 1. The second-order valence-electron chi connectivity index (χ2n) is 7.18. The summed E-state index contributed by atoms with van der Waals surface area (Å²) in [5.74, 6) is 0.963. The molecule has 1 amide bonds. The molecule has 3 heterocycles. The number of aromatic nitrogens is 3. The highest BCUT2D eigenvalue weighted by molar-refractivity contribution is 5.78. The second-order valence-corrected chi connectivity index (χ2v) is 7.18. The monoisotopic (exact) mass is 396 g/mol. The maximum atomic E-state index is 12.4. The van der Waals surface area contributed by atoms with E-state index in [2.05, 4.69) is 15.4 Å². The highest BCUT2D eigenvalue weighted by Gasteiger charge is 2.19. The Hall–Kier alpha value is -3.13. The Bertz CT molecular complexity index is 1050. The molecule has 1 aromatic carbocycles. The third kappa shape index (κ3) is 4.48. The third-order valence-electron chi connectivity index (χ3n) is 5.17. The van der Waals surface area contributed by atoms with Crippen LogP contribution in [0, 0.1) is 0 Å². The van der Waals surface area contributed by atoms with Crippen molar-refractivity contribution in [3.8, 4) is 5.75 Å². The van der Waals surface area contributed by atoms with Crippen molar-refractivity contribution in [3.63, 3.8) is 0 Å². The lowest BCUT2D eigenvalue weighted by Crippen LogP contribution is -2.26. The van der Waals surface area contributed by atoms with Gasteiger partial charge < -0.3 is 14.8 Å². The van der Waals surface area contributed by atoms with Gasteiger partial charge in [0.25, 0.3) is 5.56 Å². The van der Waals surface area contributed by atoms with Crippen LogP contribution in [0.15, 0.2) is 41.2 Å². The fourth-order valence-corrected chi connectivity index (χ4v) is 3.55. The first-order valence-electron chi connectivity index (χ1n) is 9.71. The average molecular weight is 396 g/mol. The molecule has 152 valence electrons. The van der Waals surface area contributed by atoms with Crippen molar-refractivity contribution in [1.82, 2.24) is 19.9 Å². The summed E-state index contributed by atoms with van der Waals surface area (Å²) in [6, 6.07) is 10.7. The van der Waals surface area contributed by atoms with E-state index in [0.29, 0.717) is 17.3 Å². The number of aromatic amines is 1. The molecule has 0 aliphatic carbocycles. The van der Waals surface area contributed by atoms with Crippen molar-refractivity contribution in [1.29, 1.82) is 0 Å². The number of benzene rings is 1. The number of amides is 1. The van der Waals surface area contributed by atoms with Gasteiger partial charge in [-0.25, -0.2) is 9.50 Å². The molecule has 2 aromatic heterocycles.